The van der Waals surface area contributed by atoms with Gasteiger partial charge in [-0.1, -0.05) is 12.1 Å². The van der Waals surface area contributed by atoms with Crippen LogP contribution in [0.3, 0.4) is 0 Å². The van der Waals surface area contributed by atoms with Gasteiger partial charge in [-0.25, -0.2) is 0 Å². The Bertz CT molecular complexity index is 292. The highest BCUT2D eigenvalue weighted by atomic mass is 16.5. The van der Waals surface area contributed by atoms with E-state index < -0.39 is 0 Å². The summed E-state index contributed by atoms with van der Waals surface area (Å²) >= 11 is 0. The number of aryl methyl sites for hydroxylation is 1. The summed E-state index contributed by atoms with van der Waals surface area (Å²) in [4.78, 5) is 2.24. The summed E-state index contributed by atoms with van der Waals surface area (Å²) in [6.45, 7) is 6.75. The molecule has 0 amide bonds. The van der Waals surface area contributed by atoms with Crippen LogP contribution in [0.2, 0.25) is 0 Å². The maximum absolute atomic E-state index is 5.99. The van der Waals surface area contributed by atoms with Crippen molar-refractivity contribution in [1.82, 2.24) is 0 Å². The van der Waals surface area contributed by atoms with Crippen LogP contribution < -0.4 is 10.6 Å². The number of anilines is 2. The van der Waals surface area contributed by atoms with Crippen LogP contribution in [0, 0.1) is 6.92 Å². The zero-order valence-corrected chi connectivity index (χ0v) is 9.79. The molecule has 0 aliphatic rings. The number of hydrogen-bond acceptors (Lipinski definition) is 3. The van der Waals surface area contributed by atoms with E-state index in [1.807, 2.05) is 12.1 Å². The van der Waals surface area contributed by atoms with Crippen molar-refractivity contribution in [2.24, 2.45) is 0 Å². The Kier molecular flexibility index (Phi) is 4.43. The first-order valence-corrected chi connectivity index (χ1v) is 5.29. The second-order valence-electron chi connectivity index (χ2n) is 3.59. The number of hydrogen-bond donors (Lipinski definition) is 1. The van der Waals surface area contributed by atoms with E-state index in [1.165, 1.54) is 5.56 Å². The van der Waals surface area contributed by atoms with Crippen LogP contribution in [0.5, 0.6) is 0 Å². The van der Waals surface area contributed by atoms with Crippen molar-refractivity contribution in [2.75, 3.05) is 37.4 Å². The van der Waals surface area contributed by atoms with Crippen LogP contribution >= 0.6 is 0 Å². The van der Waals surface area contributed by atoms with Gasteiger partial charge in [0.1, 0.15) is 0 Å². The minimum absolute atomic E-state index is 0.724. The van der Waals surface area contributed by atoms with E-state index in [4.69, 9.17) is 10.5 Å². The molecule has 3 nitrogen and oxygen atoms in total. The van der Waals surface area contributed by atoms with Crippen LogP contribution in [0.1, 0.15) is 12.5 Å². The Hall–Kier alpha value is -1.22. The Morgan fingerprint density at radius 1 is 1.40 bits per heavy atom. The Balaban J connectivity index is 2.90. The lowest BCUT2D eigenvalue weighted by molar-refractivity contribution is 0.205. The van der Waals surface area contributed by atoms with Crippen molar-refractivity contribution in [3.05, 3.63) is 23.8 Å². The van der Waals surface area contributed by atoms with Crippen molar-refractivity contribution >= 4 is 11.4 Å². The molecule has 0 radical (unpaired) electrons. The molecule has 0 saturated carbocycles. The van der Waals surface area contributed by atoms with E-state index in [1.54, 1.807) is 7.11 Å². The van der Waals surface area contributed by atoms with Gasteiger partial charge in [0.2, 0.25) is 0 Å². The monoisotopic (exact) mass is 208 g/mol. The molecule has 15 heavy (non-hydrogen) atoms. The number of nitrogens with zero attached hydrogens (tertiary/aromatic N) is 1. The van der Waals surface area contributed by atoms with Gasteiger partial charge >= 0.3 is 0 Å². The highest BCUT2D eigenvalue weighted by Gasteiger charge is 2.09. The molecule has 0 fully saturated rings. The molecule has 2 N–H and O–H groups in total. The van der Waals surface area contributed by atoms with Gasteiger partial charge in [0.25, 0.3) is 0 Å². The van der Waals surface area contributed by atoms with Crippen LogP contribution in [0.15, 0.2) is 18.2 Å². The minimum Gasteiger partial charge on any atom is -0.397 e. The average molecular weight is 208 g/mol. The lowest BCUT2D eigenvalue weighted by atomic mass is 10.1. The minimum atomic E-state index is 0.724. The summed E-state index contributed by atoms with van der Waals surface area (Å²) in [5.74, 6) is 0. The molecular weight excluding hydrogens is 188 g/mol. The fourth-order valence-electron chi connectivity index (χ4n) is 1.74. The number of ether oxygens (including phenoxy) is 1. The van der Waals surface area contributed by atoms with Gasteiger partial charge in [0, 0.05) is 20.2 Å². The molecule has 1 rings (SSSR count). The van der Waals surface area contributed by atoms with Crippen LogP contribution in [0.25, 0.3) is 0 Å². The number of likely N-dealkylation sites (N-methyl/N-ethyl adjacent to an activating group) is 1. The van der Waals surface area contributed by atoms with Crippen LogP contribution in [0.4, 0.5) is 11.4 Å². The van der Waals surface area contributed by atoms with Crippen LogP contribution in [-0.4, -0.2) is 26.8 Å². The predicted molar refractivity (Wildman–Crippen MR) is 65.4 cm³/mol. The first kappa shape index (κ1) is 11.9. The number of para-hydroxylation sites is 1. The summed E-state index contributed by atoms with van der Waals surface area (Å²) < 4.78 is 5.09. The van der Waals surface area contributed by atoms with Gasteiger partial charge in [-0.15, -0.1) is 0 Å². The van der Waals surface area contributed by atoms with Gasteiger partial charge in [-0.05, 0) is 25.5 Å². The molecule has 3 heteroatoms. The van der Waals surface area contributed by atoms with E-state index in [0.29, 0.717) is 0 Å². The smallest absolute Gasteiger partial charge is 0.0637 e. The third kappa shape index (κ3) is 2.86. The van der Waals surface area contributed by atoms with E-state index in [0.717, 1.165) is 31.1 Å². The van der Waals surface area contributed by atoms with Crippen molar-refractivity contribution in [1.29, 1.82) is 0 Å². The fourth-order valence-corrected chi connectivity index (χ4v) is 1.74. The third-order valence-corrected chi connectivity index (χ3v) is 2.53. The maximum atomic E-state index is 5.99. The summed E-state index contributed by atoms with van der Waals surface area (Å²) in [7, 11) is 1.72. The van der Waals surface area contributed by atoms with E-state index >= 15 is 0 Å². The Labute approximate surface area is 91.8 Å². The zero-order valence-electron chi connectivity index (χ0n) is 9.79. The summed E-state index contributed by atoms with van der Waals surface area (Å²) in [5.41, 5.74) is 9.18. The molecular formula is C12H20N2O. The highest BCUT2D eigenvalue weighted by Crippen LogP contribution is 2.26. The van der Waals surface area contributed by atoms with Gasteiger partial charge in [0.15, 0.2) is 0 Å². The lowest BCUT2D eigenvalue weighted by Gasteiger charge is -2.26. The van der Waals surface area contributed by atoms with Gasteiger partial charge < -0.3 is 15.4 Å². The SMILES string of the molecule is CCN(CCOC)c1c(C)cccc1N. The number of benzene rings is 1. The lowest BCUT2D eigenvalue weighted by Crippen LogP contribution is -2.28. The maximum Gasteiger partial charge on any atom is 0.0637 e. The molecule has 0 spiro atoms. The quantitative estimate of drug-likeness (QED) is 0.753. The highest BCUT2D eigenvalue weighted by molar-refractivity contribution is 5.71. The molecule has 1 aromatic rings. The number of nitrogens with two attached hydrogens (primary N) is 1. The van der Waals surface area contributed by atoms with Crippen LogP contribution in [-0.2, 0) is 4.74 Å². The molecule has 0 unspecified atom stereocenters. The molecule has 0 aromatic heterocycles. The second-order valence-corrected chi connectivity index (χ2v) is 3.59. The van der Waals surface area contributed by atoms with E-state index in [2.05, 4.69) is 24.8 Å². The van der Waals surface area contributed by atoms with E-state index in [-0.39, 0.29) is 0 Å². The molecule has 0 heterocycles. The predicted octanol–water partition coefficient (Wildman–Crippen LogP) is 2.05. The Morgan fingerprint density at radius 2 is 2.13 bits per heavy atom. The molecule has 0 bridgehead atoms. The summed E-state index contributed by atoms with van der Waals surface area (Å²) in [6, 6.07) is 6.01. The molecule has 0 atom stereocenters. The van der Waals surface area contributed by atoms with Gasteiger partial charge in [0.05, 0.1) is 18.0 Å². The first-order valence-electron chi connectivity index (χ1n) is 5.29. The average Bonchev–Trinajstić information content (AvgIpc) is 2.22. The van der Waals surface area contributed by atoms with Crippen molar-refractivity contribution in [3.63, 3.8) is 0 Å². The van der Waals surface area contributed by atoms with Crippen molar-refractivity contribution in [2.45, 2.75) is 13.8 Å². The van der Waals surface area contributed by atoms with E-state index in [9.17, 15) is 0 Å². The molecule has 0 aliphatic heterocycles. The van der Waals surface area contributed by atoms with Crippen molar-refractivity contribution in [3.8, 4) is 0 Å². The number of methoxy groups -OCH3 is 1. The fraction of sp³-hybridized carbons (Fsp3) is 0.500. The number of rotatable bonds is 5. The largest absolute Gasteiger partial charge is 0.397 e. The van der Waals surface area contributed by atoms with Crippen molar-refractivity contribution < 1.29 is 4.74 Å². The zero-order chi connectivity index (χ0) is 11.3. The molecule has 0 saturated heterocycles. The van der Waals surface area contributed by atoms with Gasteiger partial charge in [-0.2, -0.15) is 0 Å². The third-order valence-electron chi connectivity index (χ3n) is 2.53. The first-order chi connectivity index (χ1) is 7.20. The molecule has 1 aromatic carbocycles. The second kappa shape index (κ2) is 5.61. The van der Waals surface area contributed by atoms with Gasteiger partial charge in [-0.3, -0.25) is 0 Å². The Morgan fingerprint density at radius 3 is 2.67 bits per heavy atom. The number of nitrogen functional groups attached to an aromatic ring is 1. The summed E-state index contributed by atoms with van der Waals surface area (Å²) in [6.07, 6.45) is 0. The molecule has 0 aliphatic carbocycles. The standard InChI is InChI=1S/C12H20N2O/c1-4-14(8-9-15-3)12-10(2)6-5-7-11(12)13/h5-7H,4,8-9,13H2,1-3H3. The molecule has 84 valence electrons. The summed E-state index contributed by atoms with van der Waals surface area (Å²) in [5, 5.41) is 0. The normalized spacial score (nSPS) is 10.3. The topological polar surface area (TPSA) is 38.5 Å².